The molecule has 0 spiro atoms. The van der Waals surface area contributed by atoms with Gasteiger partial charge in [-0.1, -0.05) is 0 Å². The second kappa shape index (κ2) is 5.74. The van der Waals surface area contributed by atoms with E-state index in [1.807, 2.05) is 18.9 Å². The number of nitrogens with one attached hydrogen (secondary N) is 1. The molecular weight excluding hydrogens is 206 g/mol. The van der Waals surface area contributed by atoms with Gasteiger partial charge in [0.25, 0.3) is 0 Å². The van der Waals surface area contributed by atoms with Crippen LogP contribution in [0.25, 0.3) is 0 Å². The molecular formula is C10H19N5O. The highest BCUT2D eigenvalue weighted by molar-refractivity contribution is 5.33. The maximum absolute atomic E-state index is 9.24. The van der Waals surface area contributed by atoms with E-state index < -0.39 is 0 Å². The number of aliphatic hydroxyl groups is 1. The van der Waals surface area contributed by atoms with Crippen molar-refractivity contribution in [3.05, 3.63) is 17.6 Å². The summed E-state index contributed by atoms with van der Waals surface area (Å²) in [5.74, 6) is 6.60. The van der Waals surface area contributed by atoms with E-state index in [0.29, 0.717) is 24.7 Å². The second-order valence-electron chi connectivity index (χ2n) is 4.00. The standard InChI is InChI=1S/C10H19N5O/c1-7-4-9(14-11)13-10(12-7)6-15(3)5-8(2)16/h4,8,16H,5-6,11H2,1-3H3,(H,12,13,14). The zero-order valence-corrected chi connectivity index (χ0v) is 9.94. The number of likely N-dealkylation sites (N-methyl/N-ethyl adjacent to an activating group) is 1. The number of nitrogens with zero attached hydrogens (tertiary/aromatic N) is 3. The average molecular weight is 225 g/mol. The Labute approximate surface area is 95.5 Å². The SMILES string of the molecule is Cc1cc(NN)nc(CN(C)CC(C)O)n1. The van der Waals surface area contributed by atoms with E-state index >= 15 is 0 Å². The average Bonchev–Trinajstić information content (AvgIpc) is 2.14. The van der Waals surface area contributed by atoms with Crippen LogP contribution in [0.15, 0.2) is 6.07 Å². The van der Waals surface area contributed by atoms with Crippen LogP contribution in [-0.2, 0) is 6.54 Å². The third-order valence-electron chi connectivity index (χ3n) is 2.04. The van der Waals surface area contributed by atoms with Gasteiger partial charge in [0.1, 0.15) is 11.6 Å². The number of aryl methyl sites for hydroxylation is 1. The first kappa shape index (κ1) is 12.8. The fraction of sp³-hybridized carbons (Fsp3) is 0.600. The molecule has 6 nitrogen and oxygen atoms in total. The van der Waals surface area contributed by atoms with Crippen LogP contribution in [0.2, 0.25) is 0 Å². The van der Waals surface area contributed by atoms with E-state index in [1.54, 1.807) is 13.0 Å². The van der Waals surface area contributed by atoms with Gasteiger partial charge >= 0.3 is 0 Å². The summed E-state index contributed by atoms with van der Waals surface area (Å²) in [6, 6.07) is 1.78. The number of nitrogens with two attached hydrogens (primary N) is 1. The summed E-state index contributed by atoms with van der Waals surface area (Å²) in [6.45, 7) is 4.81. The highest BCUT2D eigenvalue weighted by Gasteiger charge is 2.07. The molecule has 1 rings (SSSR count). The first-order valence-corrected chi connectivity index (χ1v) is 5.19. The largest absolute Gasteiger partial charge is 0.392 e. The molecule has 0 aromatic carbocycles. The number of hydrogen-bond acceptors (Lipinski definition) is 6. The van der Waals surface area contributed by atoms with E-state index in [-0.39, 0.29) is 6.10 Å². The molecule has 0 fully saturated rings. The van der Waals surface area contributed by atoms with Crippen molar-refractivity contribution in [1.82, 2.24) is 14.9 Å². The monoisotopic (exact) mass is 225 g/mol. The Morgan fingerprint density at radius 1 is 1.56 bits per heavy atom. The fourth-order valence-corrected chi connectivity index (χ4v) is 1.53. The van der Waals surface area contributed by atoms with Crippen molar-refractivity contribution < 1.29 is 5.11 Å². The molecule has 0 amide bonds. The van der Waals surface area contributed by atoms with E-state index in [2.05, 4.69) is 15.4 Å². The molecule has 90 valence electrons. The molecule has 16 heavy (non-hydrogen) atoms. The van der Waals surface area contributed by atoms with Crippen LogP contribution in [0.5, 0.6) is 0 Å². The number of hydrogen-bond donors (Lipinski definition) is 3. The van der Waals surface area contributed by atoms with E-state index in [1.165, 1.54) is 0 Å². The van der Waals surface area contributed by atoms with Gasteiger partial charge in [0.05, 0.1) is 12.6 Å². The lowest BCUT2D eigenvalue weighted by atomic mass is 10.3. The normalized spacial score (nSPS) is 12.9. The molecule has 1 heterocycles. The van der Waals surface area contributed by atoms with Gasteiger partial charge in [-0.2, -0.15) is 0 Å². The van der Waals surface area contributed by atoms with Crippen molar-refractivity contribution in [2.24, 2.45) is 5.84 Å². The lowest BCUT2D eigenvalue weighted by Crippen LogP contribution is -2.27. The molecule has 1 aromatic heterocycles. The Kier molecular flexibility index (Phi) is 4.60. The van der Waals surface area contributed by atoms with Crippen LogP contribution < -0.4 is 11.3 Å². The molecule has 4 N–H and O–H groups in total. The Morgan fingerprint density at radius 3 is 2.81 bits per heavy atom. The first-order valence-electron chi connectivity index (χ1n) is 5.19. The summed E-state index contributed by atoms with van der Waals surface area (Å²) < 4.78 is 0. The molecule has 1 atom stereocenters. The van der Waals surface area contributed by atoms with Crippen LogP contribution in [0, 0.1) is 6.92 Å². The lowest BCUT2D eigenvalue weighted by molar-refractivity contribution is 0.137. The predicted molar refractivity (Wildman–Crippen MR) is 62.6 cm³/mol. The van der Waals surface area contributed by atoms with Crippen molar-refractivity contribution in [2.45, 2.75) is 26.5 Å². The van der Waals surface area contributed by atoms with Crippen LogP contribution in [-0.4, -0.2) is 39.7 Å². The fourth-order valence-electron chi connectivity index (χ4n) is 1.53. The number of aliphatic hydroxyl groups excluding tert-OH is 1. The first-order chi connectivity index (χ1) is 7.51. The molecule has 0 aliphatic rings. The predicted octanol–water partition coefficient (Wildman–Crippen LogP) is -0.117. The van der Waals surface area contributed by atoms with Gasteiger partial charge in [0.15, 0.2) is 0 Å². The van der Waals surface area contributed by atoms with Crippen molar-refractivity contribution in [3.8, 4) is 0 Å². The molecule has 0 radical (unpaired) electrons. The minimum Gasteiger partial charge on any atom is -0.392 e. The van der Waals surface area contributed by atoms with Gasteiger partial charge in [-0.05, 0) is 20.9 Å². The smallest absolute Gasteiger partial charge is 0.145 e. The van der Waals surface area contributed by atoms with Gasteiger partial charge in [0, 0.05) is 18.3 Å². The maximum Gasteiger partial charge on any atom is 0.145 e. The summed E-state index contributed by atoms with van der Waals surface area (Å²) in [7, 11) is 1.91. The molecule has 0 aliphatic carbocycles. The maximum atomic E-state index is 9.24. The van der Waals surface area contributed by atoms with Crippen LogP contribution in [0.1, 0.15) is 18.4 Å². The molecule has 0 aliphatic heterocycles. The molecule has 0 saturated heterocycles. The number of aromatic nitrogens is 2. The summed E-state index contributed by atoms with van der Waals surface area (Å²) in [5.41, 5.74) is 3.37. The van der Waals surface area contributed by atoms with E-state index in [0.717, 1.165) is 5.69 Å². The quantitative estimate of drug-likeness (QED) is 0.478. The molecule has 0 bridgehead atoms. The van der Waals surface area contributed by atoms with Gasteiger partial charge in [-0.3, -0.25) is 4.90 Å². The van der Waals surface area contributed by atoms with E-state index in [4.69, 9.17) is 5.84 Å². The van der Waals surface area contributed by atoms with Gasteiger partial charge < -0.3 is 10.5 Å². The number of nitrogen functional groups attached to an aromatic ring is 1. The summed E-state index contributed by atoms with van der Waals surface area (Å²) >= 11 is 0. The Morgan fingerprint density at radius 2 is 2.25 bits per heavy atom. The Hall–Kier alpha value is -1.24. The highest BCUT2D eigenvalue weighted by Crippen LogP contribution is 2.06. The molecule has 6 heteroatoms. The van der Waals surface area contributed by atoms with Gasteiger partial charge in [-0.25, -0.2) is 15.8 Å². The van der Waals surface area contributed by atoms with Crippen molar-refractivity contribution in [2.75, 3.05) is 19.0 Å². The topological polar surface area (TPSA) is 87.3 Å². The Balaban J connectivity index is 2.69. The van der Waals surface area contributed by atoms with Crippen molar-refractivity contribution in [1.29, 1.82) is 0 Å². The summed E-state index contributed by atoms with van der Waals surface area (Å²) in [4.78, 5) is 10.5. The zero-order chi connectivity index (χ0) is 12.1. The van der Waals surface area contributed by atoms with Crippen LogP contribution in [0.3, 0.4) is 0 Å². The summed E-state index contributed by atoms with van der Waals surface area (Å²) in [5, 5.41) is 9.24. The molecule has 0 saturated carbocycles. The van der Waals surface area contributed by atoms with Crippen LogP contribution in [0.4, 0.5) is 5.82 Å². The Bertz CT molecular complexity index is 342. The molecule has 1 aromatic rings. The third-order valence-corrected chi connectivity index (χ3v) is 2.04. The lowest BCUT2D eigenvalue weighted by Gasteiger charge is -2.17. The third kappa shape index (κ3) is 4.09. The number of hydrazine groups is 1. The molecule has 1 unspecified atom stereocenters. The highest BCUT2D eigenvalue weighted by atomic mass is 16.3. The van der Waals surface area contributed by atoms with Gasteiger partial charge in [-0.15, -0.1) is 0 Å². The summed E-state index contributed by atoms with van der Waals surface area (Å²) in [6.07, 6.45) is -0.359. The van der Waals surface area contributed by atoms with Gasteiger partial charge in [0.2, 0.25) is 0 Å². The number of anilines is 1. The minimum atomic E-state index is -0.359. The minimum absolute atomic E-state index is 0.359. The second-order valence-corrected chi connectivity index (χ2v) is 4.00. The van der Waals surface area contributed by atoms with E-state index in [9.17, 15) is 5.11 Å². The van der Waals surface area contributed by atoms with Crippen molar-refractivity contribution >= 4 is 5.82 Å². The van der Waals surface area contributed by atoms with Crippen molar-refractivity contribution in [3.63, 3.8) is 0 Å². The van der Waals surface area contributed by atoms with Crippen LogP contribution >= 0.6 is 0 Å². The zero-order valence-electron chi connectivity index (χ0n) is 9.94. The number of rotatable bonds is 5.